The van der Waals surface area contributed by atoms with E-state index in [-0.39, 0.29) is 24.5 Å². The summed E-state index contributed by atoms with van der Waals surface area (Å²) in [7, 11) is 0. The van der Waals surface area contributed by atoms with Crippen LogP contribution in [0.4, 0.5) is 0 Å². The van der Waals surface area contributed by atoms with Gasteiger partial charge in [0.25, 0.3) is 0 Å². The van der Waals surface area contributed by atoms with Crippen molar-refractivity contribution in [3.63, 3.8) is 0 Å². The number of benzene rings is 1. The van der Waals surface area contributed by atoms with E-state index in [9.17, 15) is 9.59 Å². The second kappa shape index (κ2) is 8.41. The van der Waals surface area contributed by atoms with Gasteiger partial charge in [-0.25, -0.2) is 0 Å². The van der Waals surface area contributed by atoms with E-state index in [4.69, 9.17) is 13.9 Å². The number of rotatable bonds is 8. The molecule has 0 spiro atoms. The second-order valence-corrected chi connectivity index (χ2v) is 9.35. The lowest BCUT2D eigenvalue weighted by Crippen LogP contribution is -2.42. The van der Waals surface area contributed by atoms with E-state index in [1.54, 1.807) is 0 Å². The molecule has 0 aliphatic heterocycles. The largest absolute Gasteiger partial charge is 0.465 e. The van der Waals surface area contributed by atoms with E-state index in [0.717, 1.165) is 23.2 Å². The van der Waals surface area contributed by atoms with E-state index in [2.05, 4.69) is 0 Å². The third-order valence-corrected chi connectivity index (χ3v) is 4.79. The Morgan fingerprint density at radius 2 is 1.75 bits per heavy atom. The average molecular weight is 392 g/mol. The van der Waals surface area contributed by atoms with Crippen LogP contribution in [0.1, 0.15) is 60.5 Å². The fourth-order valence-electron chi connectivity index (χ4n) is 3.09. The summed E-state index contributed by atoms with van der Waals surface area (Å²) >= 11 is 0. The molecule has 28 heavy (non-hydrogen) atoms. The lowest BCUT2D eigenvalue weighted by atomic mass is 9.89. The summed E-state index contributed by atoms with van der Waals surface area (Å²) in [4.78, 5) is 26.8. The van der Waals surface area contributed by atoms with Gasteiger partial charge in [0, 0.05) is 24.4 Å². The molecule has 0 N–H and O–H groups in total. The normalized spacial score (nSPS) is 13.5. The molecule has 0 saturated carbocycles. The Morgan fingerprint density at radius 1 is 1.11 bits per heavy atom. The molecule has 2 aromatic rings. The summed E-state index contributed by atoms with van der Waals surface area (Å²) in [5, 5.41) is 0. The molecule has 1 unspecified atom stereocenters. The Labute approximate surface area is 167 Å². The number of likely N-dealkylation sites (N-methyl/N-ethyl adjacent to an activating group) is 1. The summed E-state index contributed by atoms with van der Waals surface area (Å²) in [6, 6.07) is 5.87. The third-order valence-electron chi connectivity index (χ3n) is 4.79. The minimum absolute atomic E-state index is 0.0458. The van der Waals surface area contributed by atoms with Gasteiger partial charge in [0.05, 0.1) is 12.0 Å². The van der Waals surface area contributed by atoms with Gasteiger partial charge >= 0.3 is 5.97 Å². The highest BCUT2D eigenvalue weighted by molar-refractivity contribution is 5.78. The Bertz CT molecular complexity index is 808. The van der Waals surface area contributed by atoms with Gasteiger partial charge in [-0.15, -0.1) is 0 Å². The van der Waals surface area contributed by atoms with Crippen LogP contribution in [0, 0.1) is 10.8 Å². The van der Waals surface area contributed by atoms with Crippen molar-refractivity contribution in [2.24, 2.45) is 10.8 Å². The molecule has 6 heteroatoms. The van der Waals surface area contributed by atoms with Crippen LogP contribution < -0.4 is 0 Å². The van der Waals surface area contributed by atoms with Gasteiger partial charge in [-0.1, -0.05) is 19.9 Å². The highest BCUT2D eigenvalue weighted by atomic mass is 17.0. The first kappa shape index (κ1) is 22.1. The molecule has 156 valence electrons. The molecule has 0 saturated heterocycles. The third kappa shape index (κ3) is 5.63. The molecule has 1 heterocycles. The molecule has 1 aromatic carbocycles. The van der Waals surface area contributed by atoms with Crippen LogP contribution in [0.2, 0.25) is 0 Å². The zero-order valence-corrected chi connectivity index (χ0v) is 18.1. The fraction of sp³-hybridized carbons (Fsp3) is 0.636. The lowest BCUT2D eigenvalue weighted by Gasteiger charge is -2.32. The van der Waals surface area contributed by atoms with Crippen LogP contribution in [0.15, 0.2) is 27.4 Å². The number of hydrogen-bond acceptors (Lipinski definition) is 5. The van der Waals surface area contributed by atoms with Crippen molar-refractivity contribution in [3.8, 4) is 0 Å². The Morgan fingerprint density at radius 3 is 2.25 bits per heavy atom. The zero-order valence-electron chi connectivity index (χ0n) is 18.1. The van der Waals surface area contributed by atoms with E-state index in [0.29, 0.717) is 13.0 Å². The number of fused-ring (bicyclic) bond motifs is 1. The van der Waals surface area contributed by atoms with Crippen molar-refractivity contribution in [2.75, 3.05) is 13.2 Å². The molecule has 1 atom stereocenters. The number of esters is 1. The molecule has 0 fully saturated rings. The molecular formula is C22H33NO5. The SMILES string of the molecule is CCN(C(=O)CC(C)(C)COC(=O)C(C)(C)C)C(C)Cc1ccc2ooc2c1. The lowest BCUT2D eigenvalue weighted by molar-refractivity contribution is -0.157. The fourth-order valence-corrected chi connectivity index (χ4v) is 3.09. The van der Waals surface area contributed by atoms with Crippen LogP contribution in [0.3, 0.4) is 0 Å². The Kier molecular flexibility index (Phi) is 6.63. The van der Waals surface area contributed by atoms with Crippen LogP contribution in [0.25, 0.3) is 11.2 Å². The molecule has 0 aliphatic rings. The van der Waals surface area contributed by atoms with Crippen molar-refractivity contribution in [2.45, 2.75) is 67.3 Å². The smallest absolute Gasteiger partial charge is 0.311 e. The minimum Gasteiger partial charge on any atom is -0.465 e. The van der Waals surface area contributed by atoms with Crippen LogP contribution in [-0.2, 0) is 20.7 Å². The number of ether oxygens (including phenoxy) is 1. The van der Waals surface area contributed by atoms with Gasteiger partial charge < -0.3 is 9.64 Å². The quantitative estimate of drug-likeness (QED) is 0.477. The van der Waals surface area contributed by atoms with Crippen molar-refractivity contribution in [1.29, 1.82) is 0 Å². The van der Waals surface area contributed by atoms with E-state index < -0.39 is 10.8 Å². The zero-order chi connectivity index (χ0) is 21.1. The van der Waals surface area contributed by atoms with Gasteiger partial charge in [-0.05, 0) is 58.7 Å². The van der Waals surface area contributed by atoms with Crippen LogP contribution in [-0.4, -0.2) is 36.0 Å². The van der Waals surface area contributed by atoms with Gasteiger partial charge in [-0.3, -0.25) is 18.7 Å². The number of carbonyl (C=O) groups excluding carboxylic acids is 2. The van der Waals surface area contributed by atoms with E-state index >= 15 is 0 Å². The molecule has 0 aliphatic carbocycles. The van der Waals surface area contributed by atoms with E-state index in [1.165, 1.54) is 0 Å². The first-order valence-corrected chi connectivity index (χ1v) is 9.87. The molecule has 6 nitrogen and oxygen atoms in total. The highest BCUT2D eigenvalue weighted by Gasteiger charge is 2.30. The molecule has 1 aromatic heterocycles. The summed E-state index contributed by atoms with van der Waals surface area (Å²) in [5.41, 5.74) is 1.60. The molecule has 1 amide bonds. The summed E-state index contributed by atoms with van der Waals surface area (Å²) in [6.07, 6.45) is 1.05. The minimum atomic E-state index is -0.546. The maximum atomic E-state index is 12.9. The summed E-state index contributed by atoms with van der Waals surface area (Å²) in [6.45, 7) is 14.2. The van der Waals surface area contributed by atoms with Crippen molar-refractivity contribution >= 4 is 23.0 Å². The Hall–Kier alpha value is -2.24. The Balaban J connectivity index is 1.94. The van der Waals surface area contributed by atoms with Crippen LogP contribution in [0.5, 0.6) is 0 Å². The molecule has 0 radical (unpaired) electrons. The molecular weight excluding hydrogens is 358 g/mol. The van der Waals surface area contributed by atoms with Gasteiger partial charge in [0.2, 0.25) is 17.1 Å². The highest BCUT2D eigenvalue weighted by Crippen LogP contribution is 2.26. The van der Waals surface area contributed by atoms with Crippen molar-refractivity contribution < 1.29 is 23.5 Å². The van der Waals surface area contributed by atoms with Crippen LogP contribution >= 0.6 is 0 Å². The average Bonchev–Trinajstić information content (AvgIpc) is 2.54. The second-order valence-electron chi connectivity index (χ2n) is 9.35. The molecule has 0 bridgehead atoms. The van der Waals surface area contributed by atoms with Crippen molar-refractivity contribution in [1.82, 2.24) is 4.90 Å². The number of amides is 1. The van der Waals surface area contributed by atoms with Gasteiger partial charge in [-0.2, -0.15) is 0 Å². The number of carbonyl (C=O) groups is 2. The van der Waals surface area contributed by atoms with Gasteiger partial charge in [0.15, 0.2) is 0 Å². The topological polar surface area (TPSA) is 72.9 Å². The van der Waals surface area contributed by atoms with Gasteiger partial charge in [0.1, 0.15) is 0 Å². The predicted octanol–water partition coefficient (Wildman–Crippen LogP) is 4.81. The predicted molar refractivity (Wildman–Crippen MR) is 108 cm³/mol. The number of hydrogen-bond donors (Lipinski definition) is 0. The maximum absolute atomic E-state index is 12.9. The van der Waals surface area contributed by atoms with E-state index in [1.807, 2.05) is 71.6 Å². The maximum Gasteiger partial charge on any atom is 0.311 e. The standard InChI is InChI=1S/C22H33NO5/c1-8-23(15(2)11-16-9-10-17-18(12-16)28-27-17)19(24)13-22(6,7)14-26-20(25)21(3,4)5/h9-10,12,15H,8,11,13-14H2,1-7H3. The first-order valence-electron chi connectivity index (χ1n) is 9.87. The summed E-state index contributed by atoms with van der Waals surface area (Å²) in [5.74, 6) is -0.184. The van der Waals surface area contributed by atoms with Crippen molar-refractivity contribution in [3.05, 3.63) is 23.8 Å². The monoisotopic (exact) mass is 391 g/mol. The number of nitrogens with zero attached hydrogens (tertiary/aromatic N) is 1. The summed E-state index contributed by atoms with van der Waals surface area (Å²) < 4.78 is 15.2. The first-order chi connectivity index (χ1) is 12.9. The molecule has 2 rings (SSSR count).